The molecule has 1 atom stereocenters. The molecule has 35 heavy (non-hydrogen) atoms. The quantitative estimate of drug-likeness (QED) is 0.305. The summed E-state index contributed by atoms with van der Waals surface area (Å²) in [6.07, 6.45) is 0. The lowest BCUT2D eigenvalue weighted by atomic mass is 9.94. The molecule has 7 heteroatoms. The number of Topliss-reactive ketones (excluding diaryl/α,β-unsaturated/α-hetero) is 1. The van der Waals surface area contributed by atoms with Crippen LogP contribution in [0.5, 0.6) is 11.5 Å². The molecule has 0 bridgehead atoms. The summed E-state index contributed by atoms with van der Waals surface area (Å²) in [6.45, 7) is 4.04. The number of phenols is 1. The van der Waals surface area contributed by atoms with Crippen LogP contribution < -0.4 is 14.5 Å². The molecule has 1 saturated heterocycles. The number of carbonyl (C=O) groups is 2. The normalized spacial score (nSPS) is 17.0. The number of hydrogen-bond donors (Lipinski definition) is 2. The molecule has 180 valence electrons. The minimum absolute atomic E-state index is 0.0244. The number of aryl methyl sites for hydroxylation is 1. The van der Waals surface area contributed by atoms with Crippen LogP contribution in [0, 0.1) is 6.92 Å². The summed E-state index contributed by atoms with van der Waals surface area (Å²) in [7, 11) is 3.82. The van der Waals surface area contributed by atoms with Gasteiger partial charge in [-0.15, -0.1) is 0 Å². The zero-order valence-corrected chi connectivity index (χ0v) is 20.1. The molecule has 0 aromatic heterocycles. The number of ether oxygens (including phenoxy) is 1. The van der Waals surface area contributed by atoms with Gasteiger partial charge < -0.3 is 19.8 Å². The number of phenolic OH excluding ortho intramolecular Hbond substituents is 1. The van der Waals surface area contributed by atoms with Crippen molar-refractivity contribution in [2.45, 2.75) is 19.9 Å². The number of anilines is 2. The van der Waals surface area contributed by atoms with Gasteiger partial charge in [0.2, 0.25) is 0 Å². The molecule has 1 aliphatic heterocycles. The number of aliphatic hydroxyl groups excluding tert-OH is 1. The lowest BCUT2D eigenvalue weighted by Crippen LogP contribution is -2.29. The van der Waals surface area contributed by atoms with Gasteiger partial charge in [0.1, 0.15) is 5.76 Å². The van der Waals surface area contributed by atoms with Crippen molar-refractivity contribution in [1.82, 2.24) is 0 Å². The third-order valence-corrected chi connectivity index (χ3v) is 6.01. The maximum atomic E-state index is 13.3. The first-order chi connectivity index (χ1) is 16.7. The van der Waals surface area contributed by atoms with Crippen molar-refractivity contribution in [3.8, 4) is 11.5 Å². The first-order valence-corrected chi connectivity index (χ1v) is 11.3. The van der Waals surface area contributed by atoms with E-state index in [-0.39, 0.29) is 22.8 Å². The molecule has 1 fully saturated rings. The van der Waals surface area contributed by atoms with E-state index in [2.05, 4.69) is 0 Å². The summed E-state index contributed by atoms with van der Waals surface area (Å²) in [5.41, 5.74) is 3.38. The molecular formula is C28H28N2O5. The average molecular weight is 473 g/mol. The van der Waals surface area contributed by atoms with Gasteiger partial charge in [-0.2, -0.15) is 0 Å². The van der Waals surface area contributed by atoms with Gasteiger partial charge in [0.25, 0.3) is 11.7 Å². The maximum absolute atomic E-state index is 13.3. The Morgan fingerprint density at radius 3 is 2.26 bits per heavy atom. The molecule has 1 heterocycles. The van der Waals surface area contributed by atoms with Gasteiger partial charge in [0.05, 0.1) is 18.2 Å². The Balaban J connectivity index is 1.93. The lowest BCUT2D eigenvalue weighted by molar-refractivity contribution is -0.132. The zero-order valence-electron chi connectivity index (χ0n) is 20.1. The number of aliphatic hydroxyl groups is 1. The Labute approximate surface area is 204 Å². The molecule has 0 saturated carbocycles. The lowest BCUT2D eigenvalue weighted by Gasteiger charge is -2.26. The highest BCUT2D eigenvalue weighted by Crippen LogP contribution is 2.44. The van der Waals surface area contributed by atoms with E-state index in [0.717, 1.165) is 11.3 Å². The summed E-state index contributed by atoms with van der Waals surface area (Å²) in [6, 6.07) is 18.1. The van der Waals surface area contributed by atoms with E-state index in [1.165, 1.54) is 11.0 Å². The number of rotatable bonds is 6. The predicted octanol–water partition coefficient (Wildman–Crippen LogP) is 4.79. The standard InChI is InChI=1S/C28H28N2O5/c1-5-35-23-16-19(10-15-22(23)31)25-24(26(32)18-8-6-17(2)7-9-18)27(33)28(34)30(25)21-13-11-20(12-14-21)29(3)4/h6-16,25,31-32H,5H2,1-4H3/b26-24-. The van der Waals surface area contributed by atoms with Crippen molar-refractivity contribution in [3.05, 3.63) is 89.0 Å². The maximum Gasteiger partial charge on any atom is 0.300 e. The smallest absolute Gasteiger partial charge is 0.300 e. The monoisotopic (exact) mass is 472 g/mol. The third-order valence-electron chi connectivity index (χ3n) is 6.01. The highest BCUT2D eigenvalue weighted by Gasteiger charge is 2.47. The summed E-state index contributed by atoms with van der Waals surface area (Å²) in [5.74, 6) is -1.61. The predicted molar refractivity (Wildman–Crippen MR) is 136 cm³/mol. The molecule has 0 radical (unpaired) electrons. The topological polar surface area (TPSA) is 90.3 Å². The molecule has 1 aliphatic rings. The van der Waals surface area contributed by atoms with Gasteiger partial charge in [-0.25, -0.2) is 0 Å². The Bertz CT molecular complexity index is 1290. The first kappa shape index (κ1) is 23.9. The summed E-state index contributed by atoms with van der Waals surface area (Å²) in [5, 5.41) is 21.5. The number of amides is 1. The molecule has 4 rings (SSSR count). The number of hydrogen-bond acceptors (Lipinski definition) is 6. The summed E-state index contributed by atoms with van der Waals surface area (Å²) >= 11 is 0. The van der Waals surface area contributed by atoms with Gasteiger partial charge in [-0.1, -0.05) is 35.9 Å². The fraction of sp³-hybridized carbons (Fsp3) is 0.214. The molecule has 0 aliphatic carbocycles. The minimum atomic E-state index is -0.915. The van der Waals surface area contributed by atoms with Crippen molar-refractivity contribution < 1.29 is 24.5 Å². The highest BCUT2D eigenvalue weighted by atomic mass is 16.5. The fourth-order valence-electron chi connectivity index (χ4n) is 4.16. The van der Waals surface area contributed by atoms with E-state index in [4.69, 9.17) is 4.74 Å². The molecule has 2 N–H and O–H groups in total. The SMILES string of the molecule is CCOc1cc(C2/C(=C(/O)c3ccc(C)cc3)C(=O)C(=O)N2c2ccc(N(C)C)cc2)ccc1O. The number of carbonyl (C=O) groups excluding carboxylic acids is 2. The molecule has 7 nitrogen and oxygen atoms in total. The van der Waals surface area contributed by atoms with Crippen LogP contribution in [0.25, 0.3) is 5.76 Å². The largest absolute Gasteiger partial charge is 0.507 e. The van der Waals surface area contributed by atoms with Crippen LogP contribution in [0.1, 0.15) is 29.7 Å². The van der Waals surface area contributed by atoms with Crippen molar-refractivity contribution in [1.29, 1.82) is 0 Å². The Morgan fingerprint density at radius 1 is 1.00 bits per heavy atom. The molecule has 1 amide bonds. The fourth-order valence-corrected chi connectivity index (χ4v) is 4.16. The van der Waals surface area contributed by atoms with Crippen molar-refractivity contribution >= 4 is 28.8 Å². The second-order valence-corrected chi connectivity index (χ2v) is 8.61. The summed E-state index contributed by atoms with van der Waals surface area (Å²) < 4.78 is 5.54. The van der Waals surface area contributed by atoms with Gasteiger partial charge >= 0.3 is 0 Å². The Hall–Kier alpha value is -4.26. The number of ketones is 1. The van der Waals surface area contributed by atoms with Crippen LogP contribution >= 0.6 is 0 Å². The minimum Gasteiger partial charge on any atom is -0.507 e. The van der Waals surface area contributed by atoms with Crippen LogP contribution in [-0.2, 0) is 9.59 Å². The first-order valence-electron chi connectivity index (χ1n) is 11.3. The second kappa shape index (κ2) is 9.54. The van der Waals surface area contributed by atoms with E-state index < -0.39 is 17.7 Å². The third kappa shape index (κ3) is 4.45. The number of aromatic hydroxyl groups is 1. The van der Waals surface area contributed by atoms with Crippen molar-refractivity contribution in [3.63, 3.8) is 0 Å². The molecule has 3 aromatic carbocycles. The van der Waals surface area contributed by atoms with E-state index >= 15 is 0 Å². The van der Waals surface area contributed by atoms with Crippen LogP contribution in [0.15, 0.2) is 72.3 Å². The molecular weight excluding hydrogens is 444 g/mol. The van der Waals surface area contributed by atoms with Crippen LogP contribution in [0.3, 0.4) is 0 Å². The van der Waals surface area contributed by atoms with Crippen LogP contribution in [0.4, 0.5) is 11.4 Å². The number of nitrogens with zero attached hydrogens (tertiary/aromatic N) is 2. The van der Waals surface area contributed by atoms with Gasteiger partial charge in [-0.3, -0.25) is 14.5 Å². The molecule has 0 spiro atoms. The van der Waals surface area contributed by atoms with Gasteiger partial charge in [0, 0.05) is 31.0 Å². The average Bonchev–Trinajstić information content (AvgIpc) is 3.11. The zero-order chi connectivity index (χ0) is 25.3. The van der Waals surface area contributed by atoms with E-state index in [9.17, 15) is 19.8 Å². The van der Waals surface area contributed by atoms with E-state index in [1.807, 2.05) is 50.2 Å². The van der Waals surface area contributed by atoms with Gasteiger partial charge in [0.15, 0.2) is 11.5 Å². The van der Waals surface area contributed by atoms with Crippen molar-refractivity contribution in [2.75, 3.05) is 30.5 Å². The van der Waals surface area contributed by atoms with Crippen molar-refractivity contribution in [2.24, 2.45) is 0 Å². The second-order valence-electron chi connectivity index (χ2n) is 8.61. The Kier molecular flexibility index (Phi) is 6.51. The molecule has 1 unspecified atom stereocenters. The van der Waals surface area contributed by atoms with E-state index in [1.54, 1.807) is 43.3 Å². The van der Waals surface area contributed by atoms with Gasteiger partial charge in [-0.05, 0) is 55.8 Å². The van der Waals surface area contributed by atoms with Crippen LogP contribution in [0.2, 0.25) is 0 Å². The number of benzene rings is 3. The van der Waals surface area contributed by atoms with Crippen LogP contribution in [-0.4, -0.2) is 42.6 Å². The molecule has 3 aromatic rings. The Morgan fingerprint density at radius 2 is 1.66 bits per heavy atom. The highest BCUT2D eigenvalue weighted by molar-refractivity contribution is 6.51. The van der Waals surface area contributed by atoms with E-state index in [0.29, 0.717) is 23.4 Å². The summed E-state index contributed by atoms with van der Waals surface area (Å²) in [4.78, 5) is 29.9.